The molecule has 1 saturated heterocycles. The zero-order valence-corrected chi connectivity index (χ0v) is 5.76. The van der Waals surface area contributed by atoms with Crippen LogP contribution in [0.15, 0.2) is 0 Å². The van der Waals surface area contributed by atoms with Gasteiger partial charge in [-0.25, -0.2) is 0 Å². The lowest BCUT2D eigenvalue weighted by Gasteiger charge is -2.08. The van der Waals surface area contributed by atoms with Gasteiger partial charge in [-0.05, 0) is 32.2 Å². The second kappa shape index (κ2) is 1.50. The van der Waals surface area contributed by atoms with Crippen molar-refractivity contribution < 1.29 is 4.74 Å². The smallest absolute Gasteiger partial charge is 0.0923 e. The van der Waals surface area contributed by atoms with E-state index in [0.29, 0.717) is 6.10 Å². The Bertz CT molecular complexity index is 137. The lowest BCUT2D eigenvalue weighted by atomic mass is 10.1. The Hall–Kier alpha value is -0.0800. The second-order valence-corrected chi connectivity index (χ2v) is 3.46. The van der Waals surface area contributed by atoms with Crippen LogP contribution in [0.5, 0.6) is 0 Å². The standard InChI is InChI=1S/C7H13NO/c1-7-3-5(4-8)2-6(7)9-7/h5-6H,2-4,8H2,1H3. The van der Waals surface area contributed by atoms with Gasteiger partial charge < -0.3 is 10.5 Å². The van der Waals surface area contributed by atoms with Crippen molar-refractivity contribution >= 4 is 0 Å². The summed E-state index contributed by atoms with van der Waals surface area (Å²) >= 11 is 0. The third kappa shape index (κ3) is 0.700. The monoisotopic (exact) mass is 127 g/mol. The van der Waals surface area contributed by atoms with Crippen molar-refractivity contribution in [3.63, 3.8) is 0 Å². The highest BCUT2D eigenvalue weighted by Gasteiger charge is 2.58. The number of fused-ring (bicyclic) bond motifs is 1. The summed E-state index contributed by atoms with van der Waals surface area (Å²) in [7, 11) is 0. The van der Waals surface area contributed by atoms with E-state index in [2.05, 4.69) is 6.92 Å². The summed E-state index contributed by atoms with van der Waals surface area (Å²) in [5.41, 5.74) is 5.77. The van der Waals surface area contributed by atoms with Gasteiger partial charge in [0.1, 0.15) is 0 Å². The first-order valence-corrected chi connectivity index (χ1v) is 3.62. The van der Waals surface area contributed by atoms with Gasteiger partial charge in [0, 0.05) is 0 Å². The van der Waals surface area contributed by atoms with Crippen LogP contribution in [-0.4, -0.2) is 18.2 Å². The molecule has 0 aromatic heterocycles. The number of ether oxygens (including phenoxy) is 1. The molecule has 0 aromatic rings. The molecule has 2 N–H and O–H groups in total. The molecule has 1 saturated carbocycles. The summed E-state index contributed by atoms with van der Waals surface area (Å²) in [6, 6.07) is 0. The van der Waals surface area contributed by atoms with E-state index in [1.165, 1.54) is 12.8 Å². The summed E-state index contributed by atoms with van der Waals surface area (Å²) in [5, 5.41) is 0. The van der Waals surface area contributed by atoms with Crippen molar-refractivity contribution in [2.24, 2.45) is 11.7 Å². The average molecular weight is 127 g/mol. The van der Waals surface area contributed by atoms with Gasteiger partial charge in [0.05, 0.1) is 11.7 Å². The highest BCUT2D eigenvalue weighted by Crippen LogP contribution is 2.51. The van der Waals surface area contributed by atoms with Crippen molar-refractivity contribution in [3.05, 3.63) is 0 Å². The minimum absolute atomic E-state index is 0.254. The Balaban J connectivity index is 1.98. The first-order chi connectivity index (χ1) is 4.24. The van der Waals surface area contributed by atoms with E-state index in [1.807, 2.05) is 0 Å². The fraction of sp³-hybridized carbons (Fsp3) is 1.00. The molecule has 0 amide bonds. The Kier molecular flexibility index (Phi) is 0.945. The fourth-order valence-corrected chi connectivity index (χ4v) is 1.91. The van der Waals surface area contributed by atoms with Crippen molar-refractivity contribution in [2.75, 3.05) is 6.54 Å². The molecular weight excluding hydrogens is 114 g/mol. The van der Waals surface area contributed by atoms with E-state index < -0.39 is 0 Å². The quantitative estimate of drug-likeness (QED) is 0.521. The van der Waals surface area contributed by atoms with Crippen molar-refractivity contribution in [1.82, 2.24) is 0 Å². The lowest BCUT2D eigenvalue weighted by Crippen LogP contribution is -2.15. The number of epoxide rings is 1. The van der Waals surface area contributed by atoms with E-state index >= 15 is 0 Å². The van der Waals surface area contributed by atoms with E-state index in [4.69, 9.17) is 10.5 Å². The molecule has 0 spiro atoms. The number of hydrogen-bond acceptors (Lipinski definition) is 2. The molecule has 2 nitrogen and oxygen atoms in total. The summed E-state index contributed by atoms with van der Waals surface area (Å²) in [5.74, 6) is 0.744. The predicted molar refractivity (Wildman–Crippen MR) is 35.1 cm³/mol. The third-order valence-electron chi connectivity index (χ3n) is 2.61. The van der Waals surface area contributed by atoms with Gasteiger partial charge in [0.25, 0.3) is 0 Å². The Morgan fingerprint density at radius 2 is 2.56 bits per heavy atom. The molecule has 52 valence electrons. The Labute approximate surface area is 55.4 Å². The van der Waals surface area contributed by atoms with Crippen molar-refractivity contribution in [1.29, 1.82) is 0 Å². The summed E-state index contributed by atoms with van der Waals surface area (Å²) in [6.45, 7) is 3.03. The van der Waals surface area contributed by atoms with Gasteiger partial charge >= 0.3 is 0 Å². The molecule has 3 atom stereocenters. The average Bonchev–Trinajstić information content (AvgIpc) is 2.33. The van der Waals surface area contributed by atoms with Crippen molar-refractivity contribution in [3.8, 4) is 0 Å². The second-order valence-electron chi connectivity index (χ2n) is 3.46. The maximum atomic E-state index is 5.52. The molecule has 9 heavy (non-hydrogen) atoms. The fourth-order valence-electron chi connectivity index (χ4n) is 1.91. The molecule has 1 aliphatic heterocycles. The van der Waals surface area contributed by atoms with E-state index in [9.17, 15) is 0 Å². The first kappa shape index (κ1) is 5.69. The molecular formula is C7H13NO. The zero-order valence-electron chi connectivity index (χ0n) is 5.76. The highest BCUT2D eigenvalue weighted by atomic mass is 16.6. The van der Waals surface area contributed by atoms with Crippen LogP contribution in [0.4, 0.5) is 0 Å². The van der Waals surface area contributed by atoms with Gasteiger partial charge in [0.15, 0.2) is 0 Å². The molecule has 1 heterocycles. The Morgan fingerprint density at radius 1 is 1.78 bits per heavy atom. The number of hydrogen-bond donors (Lipinski definition) is 1. The zero-order chi connectivity index (χ0) is 6.48. The van der Waals surface area contributed by atoms with Gasteiger partial charge in [-0.2, -0.15) is 0 Å². The molecule has 3 unspecified atom stereocenters. The van der Waals surface area contributed by atoms with Gasteiger partial charge in [0.2, 0.25) is 0 Å². The Morgan fingerprint density at radius 3 is 2.89 bits per heavy atom. The van der Waals surface area contributed by atoms with Crippen LogP contribution in [0.25, 0.3) is 0 Å². The van der Waals surface area contributed by atoms with E-state index in [-0.39, 0.29) is 5.60 Å². The van der Waals surface area contributed by atoms with Crippen LogP contribution in [-0.2, 0) is 4.74 Å². The summed E-state index contributed by atoms with van der Waals surface area (Å²) in [4.78, 5) is 0. The lowest BCUT2D eigenvalue weighted by molar-refractivity contribution is 0.227. The van der Waals surface area contributed by atoms with Crippen LogP contribution in [0, 0.1) is 5.92 Å². The molecule has 0 aromatic carbocycles. The topological polar surface area (TPSA) is 38.5 Å². The van der Waals surface area contributed by atoms with Gasteiger partial charge in [-0.1, -0.05) is 0 Å². The maximum absolute atomic E-state index is 5.52. The number of rotatable bonds is 1. The van der Waals surface area contributed by atoms with Crippen LogP contribution < -0.4 is 5.73 Å². The highest BCUT2D eigenvalue weighted by molar-refractivity contribution is 5.07. The summed E-state index contributed by atoms with van der Waals surface area (Å²) in [6.07, 6.45) is 2.95. The van der Waals surface area contributed by atoms with E-state index in [1.54, 1.807) is 0 Å². The SMILES string of the molecule is CC12CC(CN)CC1O2. The van der Waals surface area contributed by atoms with Crippen LogP contribution >= 0.6 is 0 Å². The van der Waals surface area contributed by atoms with Crippen LogP contribution in [0.2, 0.25) is 0 Å². The van der Waals surface area contributed by atoms with E-state index in [0.717, 1.165) is 12.5 Å². The normalized spacial score (nSPS) is 55.3. The largest absolute Gasteiger partial charge is 0.366 e. The molecule has 2 heteroatoms. The molecule has 0 bridgehead atoms. The molecule has 2 rings (SSSR count). The number of nitrogens with two attached hydrogens (primary N) is 1. The molecule has 1 aliphatic carbocycles. The van der Waals surface area contributed by atoms with Crippen LogP contribution in [0.3, 0.4) is 0 Å². The molecule has 2 fully saturated rings. The predicted octanol–water partition coefficient (Wildman–Crippen LogP) is 0.513. The summed E-state index contributed by atoms with van der Waals surface area (Å²) < 4.78 is 5.42. The third-order valence-corrected chi connectivity index (χ3v) is 2.61. The minimum atomic E-state index is 0.254. The first-order valence-electron chi connectivity index (χ1n) is 3.62. The molecule has 2 aliphatic rings. The maximum Gasteiger partial charge on any atom is 0.0923 e. The molecule has 0 radical (unpaired) electrons. The minimum Gasteiger partial charge on any atom is -0.366 e. The van der Waals surface area contributed by atoms with Crippen molar-refractivity contribution in [2.45, 2.75) is 31.5 Å². The van der Waals surface area contributed by atoms with Gasteiger partial charge in [-0.15, -0.1) is 0 Å². The van der Waals surface area contributed by atoms with Gasteiger partial charge in [-0.3, -0.25) is 0 Å². The van der Waals surface area contributed by atoms with Crippen LogP contribution in [0.1, 0.15) is 19.8 Å².